The Morgan fingerprint density at radius 1 is 1.35 bits per heavy atom. The van der Waals surface area contributed by atoms with E-state index in [1.54, 1.807) is 0 Å². The predicted octanol–water partition coefficient (Wildman–Crippen LogP) is 0.550. The third-order valence-corrected chi connectivity index (χ3v) is 2.50. The summed E-state index contributed by atoms with van der Waals surface area (Å²) in [4.78, 5) is 32.1. The van der Waals surface area contributed by atoms with E-state index in [-0.39, 0.29) is 17.8 Å². The normalized spacial score (nSPS) is 13.3. The molecule has 8 heteroatoms. The van der Waals surface area contributed by atoms with Crippen LogP contribution in [0, 0.1) is 10.1 Å². The first-order chi connectivity index (χ1) is 9.21. The number of aliphatic carboxylic acids is 1. The zero-order valence-corrected chi connectivity index (χ0v) is 10.7. The third-order valence-electron chi connectivity index (χ3n) is 2.50. The quantitative estimate of drug-likeness (QED) is 0.516. The molecule has 0 fully saturated rings. The van der Waals surface area contributed by atoms with Crippen LogP contribution in [0.2, 0.25) is 0 Å². The SMILES string of the molecule is CC(O)(CNC(=O)c1ccc([N+](=O)[O-])cc1)CC(=O)O. The highest BCUT2D eigenvalue weighted by molar-refractivity contribution is 5.94. The van der Waals surface area contributed by atoms with E-state index >= 15 is 0 Å². The van der Waals surface area contributed by atoms with E-state index in [9.17, 15) is 24.8 Å². The van der Waals surface area contributed by atoms with Crippen molar-refractivity contribution in [2.45, 2.75) is 18.9 Å². The molecule has 0 saturated carbocycles. The van der Waals surface area contributed by atoms with E-state index in [0.29, 0.717) is 0 Å². The van der Waals surface area contributed by atoms with Gasteiger partial charge in [-0.2, -0.15) is 0 Å². The molecule has 0 aliphatic rings. The number of nitrogens with one attached hydrogen (secondary N) is 1. The number of nitro benzene ring substituents is 1. The molecule has 20 heavy (non-hydrogen) atoms. The van der Waals surface area contributed by atoms with Crippen LogP contribution >= 0.6 is 0 Å². The average Bonchev–Trinajstić information content (AvgIpc) is 2.34. The molecule has 0 radical (unpaired) electrons. The first kappa shape index (κ1) is 15.6. The summed E-state index contributed by atoms with van der Waals surface area (Å²) >= 11 is 0. The largest absolute Gasteiger partial charge is 0.481 e. The number of hydrogen-bond donors (Lipinski definition) is 3. The molecule has 0 heterocycles. The summed E-state index contributed by atoms with van der Waals surface area (Å²) in [5.41, 5.74) is -1.52. The Kier molecular flexibility index (Phi) is 4.76. The van der Waals surface area contributed by atoms with E-state index in [1.807, 2.05) is 0 Å². The van der Waals surface area contributed by atoms with Crippen molar-refractivity contribution in [2.24, 2.45) is 0 Å². The lowest BCUT2D eigenvalue weighted by molar-refractivity contribution is -0.384. The van der Waals surface area contributed by atoms with Crippen molar-refractivity contribution in [3.05, 3.63) is 39.9 Å². The molecular formula is C12H14N2O6. The van der Waals surface area contributed by atoms with Crippen LogP contribution in [0.4, 0.5) is 5.69 Å². The number of carboxylic acids is 1. The molecule has 1 aromatic rings. The topological polar surface area (TPSA) is 130 Å². The number of nitrogens with zero attached hydrogens (tertiary/aromatic N) is 1. The molecule has 1 rings (SSSR count). The van der Waals surface area contributed by atoms with Crippen molar-refractivity contribution in [1.29, 1.82) is 0 Å². The number of carboxylic acid groups (broad SMARTS) is 1. The Bertz CT molecular complexity index is 523. The first-order valence-electron chi connectivity index (χ1n) is 5.68. The maximum Gasteiger partial charge on any atom is 0.306 e. The third kappa shape index (κ3) is 4.65. The Hall–Kier alpha value is -2.48. The minimum Gasteiger partial charge on any atom is -0.481 e. The summed E-state index contributed by atoms with van der Waals surface area (Å²) in [6.45, 7) is 1.05. The van der Waals surface area contributed by atoms with Crippen LogP contribution in [0.15, 0.2) is 24.3 Å². The molecule has 1 amide bonds. The predicted molar refractivity (Wildman–Crippen MR) is 68.3 cm³/mol. The first-order valence-corrected chi connectivity index (χ1v) is 5.68. The van der Waals surface area contributed by atoms with Crippen LogP contribution < -0.4 is 5.32 Å². The van der Waals surface area contributed by atoms with E-state index in [1.165, 1.54) is 31.2 Å². The Morgan fingerprint density at radius 2 is 1.90 bits per heavy atom. The lowest BCUT2D eigenvalue weighted by Gasteiger charge is -2.21. The zero-order chi connectivity index (χ0) is 15.3. The van der Waals surface area contributed by atoms with Crippen molar-refractivity contribution in [1.82, 2.24) is 5.32 Å². The number of benzene rings is 1. The van der Waals surface area contributed by atoms with Gasteiger partial charge < -0.3 is 15.5 Å². The van der Waals surface area contributed by atoms with Crippen LogP contribution in [-0.2, 0) is 4.79 Å². The van der Waals surface area contributed by atoms with Gasteiger partial charge in [0.15, 0.2) is 0 Å². The number of carbonyl (C=O) groups excluding carboxylic acids is 1. The van der Waals surface area contributed by atoms with Crippen molar-refractivity contribution < 1.29 is 24.7 Å². The van der Waals surface area contributed by atoms with Gasteiger partial charge in [-0.25, -0.2) is 0 Å². The fourth-order valence-electron chi connectivity index (χ4n) is 1.50. The minimum absolute atomic E-state index is 0.139. The van der Waals surface area contributed by atoms with Crippen molar-refractivity contribution in [3.8, 4) is 0 Å². The Balaban J connectivity index is 2.63. The second-order valence-electron chi connectivity index (χ2n) is 4.55. The lowest BCUT2D eigenvalue weighted by atomic mass is 10.0. The summed E-state index contributed by atoms with van der Waals surface area (Å²) in [5, 5.41) is 31.1. The van der Waals surface area contributed by atoms with Gasteiger partial charge in [-0.15, -0.1) is 0 Å². The van der Waals surface area contributed by atoms with Crippen molar-refractivity contribution in [2.75, 3.05) is 6.54 Å². The molecule has 0 saturated heterocycles. The summed E-state index contributed by atoms with van der Waals surface area (Å²) in [5.74, 6) is -1.73. The van der Waals surface area contributed by atoms with Crippen molar-refractivity contribution >= 4 is 17.6 Å². The highest BCUT2D eigenvalue weighted by Crippen LogP contribution is 2.12. The Morgan fingerprint density at radius 3 is 2.35 bits per heavy atom. The minimum atomic E-state index is -1.57. The summed E-state index contributed by atoms with van der Waals surface area (Å²) in [6, 6.07) is 4.92. The summed E-state index contributed by atoms with van der Waals surface area (Å²) in [7, 11) is 0. The number of rotatable bonds is 6. The number of amides is 1. The van der Waals surface area contributed by atoms with Gasteiger partial charge in [0.05, 0.1) is 16.9 Å². The van der Waals surface area contributed by atoms with Gasteiger partial charge in [-0.05, 0) is 19.1 Å². The van der Waals surface area contributed by atoms with Gasteiger partial charge in [-0.3, -0.25) is 19.7 Å². The molecule has 0 aromatic heterocycles. The second kappa shape index (κ2) is 6.11. The van der Waals surface area contributed by atoms with Gasteiger partial charge >= 0.3 is 5.97 Å². The fourth-order valence-corrected chi connectivity index (χ4v) is 1.50. The molecular weight excluding hydrogens is 268 g/mol. The van der Waals surface area contributed by atoms with E-state index < -0.39 is 28.8 Å². The van der Waals surface area contributed by atoms with Crippen LogP contribution in [0.1, 0.15) is 23.7 Å². The fraction of sp³-hybridized carbons (Fsp3) is 0.333. The number of non-ortho nitro benzene ring substituents is 1. The van der Waals surface area contributed by atoms with Gasteiger partial charge in [-0.1, -0.05) is 0 Å². The number of nitro groups is 1. The van der Waals surface area contributed by atoms with Gasteiger partial charge in [0.2, 0.25) is 0 Å². The van der Waals surface area contributed by atoms with Crippen molar-refractivity contribution in [3.63, 3.8) is 0 Å². The Labute approximate surface area is 114 Å². The number of aliphatic hydroxyl groups is 1. The summed E-state index contributed by atoms with van der Waals surface area (Å²) < 4.78 is 0. The maximum absolute atomic E-state index is 11.7. The highest BCUT2D eigenvalue weighted by Gasteiger charge is 2.25. The molecule has 1 aromatic carbocycles. The highest BCUT2D eigenvalue weighted by atomic mass is 16.6. The van der Waals surface area contributed by atoms with Gasteiger partial charge in [0.25, 0.3) is 11.6 Å². The molecule has 0 aliphatic heterocycles. The maximum atomic E-state index is 11.7. The molecule has 0 bridgehead atoms. The molecule has 1 atom stereocenters. The second-order valence-corrected chi connectivity index (χ2v) is 4.55. The van der Waals surface area contributed by atoms with Gasteiger partial charge in [0.1, 0.15) is 0 Å². The van der Waals surface area contributed by atoms with Crippen LogP contribution in [0.25, 0.3) is 0 Å². The standard InChI is InChI=1S/C12H14N2O6/c1-12(18,6-10(15)16)7-13-11(17)8-2-4-9(5-3-8)14(19)20/h2-5,18H,6-7H2,1H3,(H,13,17)(H,15,16). The average molecular weight is 282 g/mol. The molecule has 1 unspecified atom stereocenters. The van der Waals surface area contributed by atoms with E-state index in [4.69, 9.17) is 5.11 Å². The number of hydrogen-bond acceptors (Lipinski definition) is 5. The molecule has 0 aliphatic carbocycles. The zero-order valence-electron chi connectivity index (χ0n) is 10.7. The van der Waals surface area contributed by atoms with E-state index in [2.05, 4.69) is 5.32 Å². The van der Waals surface area contributed by atoms with E-state index in [0.717, 1.165) is 0 Å². The molecule has 3 N–H and O–H groups in total. The lowest BCUT2D eigenvalue weighted by Crippen LogP contribution is -2.42. The summed E-state index contributed by atoms with van der Waals surface area (Å²) in [6.07, 6.45) is -0.506. The van der Waals surface area contributed by atoms with Crippen LogP contribution in [0.5, 0.6) is 0 Å². The smallest absolute Gasteiger partial charge is 0.306 e. The number of carbonyl (C=O) groups is 2. The van der Waals surface area contributed by atoms with Crippen LogP contribution in [-0.4, -0.2) is 39.2 Å². The monoisotopic (exact) mass is 282 g/mol. The van der Waals surface area contributed by atoms with Gasteiger partial charge in [0, 0.05) is 24.2 Å². The molecule has 108 valence electrons. The molecule has 8 nitrogen and oxygen atoms in total. The van der Waals surface area contributed by atoms with Crippen LogP contribution in [0.3, 0.4) is 0 Å². The molecule has 0 spiro atoms.